The van der Waals surface area contributed by atoms with Crippen molar-refractivity contribution in [3.8, 4) is 11.5 Å². The number of nitrogens with zero attached hydrogens (tertiary/aromatic N) is 7. The first-order valence-electron chi connectivity index (χ1n) is 33.3. The van der Waals surface area contributed by atoms with Crippen LogP contribution in [0.25, 0.3) is 22.6 Å². The normalized spacial score (nSPS) is 25.0. The highest BCUT2D eigenvalue weighted by Gasteiger charge is 2.47. The number of nitrogens with one attached hydrogen (secondary N) is 5. The Morgan fingerprint density at radius 3 is 1.51 bits per heavy atom. The van der Waals surface area contributed by atoms with Gasteiger partial charge in [-0.2, -0.15) is 0 Å². The number of fused-ring (bicyclic) bond motifs is 4. The number of hydrogen-bond donors (Lipinski definition) is 6. The number of nitrogens with two attached hydrogens (primary N) is 1. The molecule has 0 unspecified atom stereocenters. The molecule has 29 nitrogen and oxygen atoms in total. The van der Waals surface area contributed by atoms with Gasteiger partial charge in [0.05, 0.1) is 29.9 Å². The maximum atomic E-state index is 15.7. The summed E-state index contributed by atoms with van der Waals surface area (Å²) < 4.78 is 18.7. The van der Waals surface area contributed by atoms with Gasteiger partial charge in [-0.25, -0.2) is 14.6 Å². The predicted octanol–water partition coefficient (Wildman–Crippen LogP) is 2.34. The van der Waals surface area contributed by atoms with Crippen molar-refractivity contribution in [2.75, 3.05) is 65.4 Å². The van der Waals surface area contributed by atoms with Crippen LogP contribution in [-0.2, 0) is 64.0 Å². The van der Waals surface area contributed by atoms with Crippen molar-refractivity contribution < 1.29 is 71.4 Å². The lowest BCUT2D eigenvalue weighted by atomic mass is 9.98. The summed E-state index contributed by atoms with van der Waals surface area (Å²) in [5.41, 5.74) is 4.55. The monoisotopic (exact) mass is 1360 g/mol. The molecule has 2 aromatic carbocycles. The summed E-state index contributed by atoms with van der Waals surface area (Å²) in [6.45, 7) is 18.6. The highest BCUT2D eigenvalue weighted by Crippen LogP contribution is 2.38. The molecule has 1 aliphatic carbocycles. The third kappa shape index (κ3) is 15.2. The van der Waals surface area contributed by atoms with Crippen LogP contribution >= 0.6 is 0 Å². The molecule has 0 spiro atoms. The van der Waals surface area contributed by atoms with Crippen LogP contribution in [-0.4, -0.2) is 220 Å². The fraction of sp³-hybridized carbons (Fsp3) is 0.565. The third-order valence-corrected chi connectivity index (χ3v) is 19.0. The van der Waals surface area contributed by atoms with Gasteiger partial charge in [-0.15, -0.1) is 0 Å². The van der Waals surface area contributed by atoms with Gasteiger partial charge in [0.1, 0.15) is 71.8 Å². The van der Waals surface area contributed by atoms with Crippen LogP contribution < -0.4 is 37.7 Å². The molecule has 6 aliphatic rings. The average Bonchev–Trinajstić information content (AvgIpc) is 0.737. The van der Waals surface area contributed by atoms with Crippen molar-refractivity contribution in [1.82, 2.24) is 55.7 Å². The summed E-state index contributed by atoms with van der Waals surface area (Å²) in [6.07, 6.45) is -1.75. The zero-order valence-electron chi connectivity index (χ0n) is 58.7. The van der Waals surface area contributed by atoms with Crippen LogP contribution in [0.15, 0.2) is 45.6 Å². The number of carbonyl (C=O) groups is 12. The van der Waals surface area contributed by atoms with Crippen LogP contribution in [0.4, 0.5) is 11.4 Å². The quantitative estimate of drug-likeness (QED) is 0.0713. The first-order chi connectivity index (χ1) is 46.1. The number of rotatable bonds is 11. The number of aromatic nitrogens is 1. The lowest BCUT2D eigenvalue weighted by molar-refractivity contribution is -0.163. The molecule has 530 valence electrons. The Kier molecular flexibility index (Phi) is 23.0. The number of anilines is 2. The van der Waals surface area contributed by atoms with E-state index in [1.54, 1.807) is 62.3 Å². The van der Waals surface area contributed by atoms with Crippen LogP contribution in [0.3, 0.4) is 0 Å². The first-order valence-corrected chi connectivity index (χ1v) is 33.3. The van der Waals surface area contributed by atoms with E-state index in [9.17, 15) is 43.2 Å². The second-order valence-corrected chi connectivity index (χ2v) is 27.5. The number of cyclic esters (lactones) is 2. The van der Waals surface area contributed by atoms with Crippen molar-refractivity contribution in [3.05, 3.63) is 74.4 Å². The molecular formula is C69H93N13O16. The summed E-state index contributed by atoms with van der Waals surface area (Å²) in [4.78, 5) is 202. The molecule has 0 saturated carbocycles. The van der Waals surface area contributed by atoms with E-state index in [2.05, 4.69) is 26.6 Å². The lowest BCUT2D eigenvalue weighted by Gasteiger charge is -2.36. The van der Waals surface area contributed by atoms with E-state index >= 15 is 19.2 Å². The number of aryl methyl sites for hydroxylation is 1. The molecule has 5 aliphatic heterocycles. The number of amides is 10. The van der Waals surface area contributed by atoms with E-state index in [1.807, 2.05) is 30.3 Å². The van der Waals surface area contributed by atoms with Crippen LogP contribution in [0.1, 0.15) is 132 Å². The Hall–Kier alpha value is -9.70. The highest BCUT2D eigenvalue weighted by molar-refractivity contribution is 6.11. The van der Waals surface area contributed by atoms with Gasteiger partial charge in [-0.1, -0.05) is 85.7 Å². The number of esters is 2. The topological polar surface area (TPSA) is 372 Å². The number of benzene rings is 3. The van der Waals surface area contributed by atoms with Gasteiger partial charge in [-0.3, -0.25) is 52.7 Å². The van der Waals surface area contributed by atoms with Gasteiger partial charge < -0.3 is 75.6 Å². The fourth-order valence-electron chi connectivity index (χ4n) is 13.3. The largest absolute Gasteiger partial charge is 0.458 e. The SMILES string of the molecule is Cc1c2oc3c(C)c(NCc4ccccc4)cc(C(=O)N[C@@H]4C(=O)N[C@H](C(C)C)C(=O)N5CCC[C@@H]5C(=O)N(C)CC(=O)N(C)[C@@H](C(C)C)C(=O)O[C@@H]4C)c3nc-2c(C(=O)N[C@H]2C(=O)N[C@@H](C(C)C)C(=O)N3CCC[C@H]3C(=O)N(C)CC(=O)N(C)[C@H](C(C)C)C(=O)O[C@H]2C)c(N)c1=O. The smallest absolute Gasteiger partial charge is 0.329 e. The second kappa shape index (κ2) is 30.4. The standard InChI is InChI=1S/C69H93N13O16/c1-32(2)49-66(92)81-26-20-24-43(81)64(90)77(13)30-45(83)79(15)55(34(5)6)68(94)96-38(11)51(62(88)73-49)75-60(86)41-28-42(71-29-40-22-18-17-19-23-40)36(9)58-53(41)72-54-47(48(70)57(85)37(10)59(54)98-58)61(87)76-52-39(12)97-69(95)56(35(7)8)80(16)46(84)31-78(14)65(91)44-25-21-27-82(44)67(93)50(33(3)4)74-63(52)89/h17-19,22-23,28,32-35,38-39,43-44,49-52,55-56,71H,20-21,24-27,29-31,70H2,1-16H3,(H,73,88)(H,74,89)(H,75,86)(H,76,87)/t38-,39+,43-,44+,49-,50+,51+,52-,55+,56-/m1/s1. The molecule has 29 heteroatoms. The van der Waals surface area contributed by atoms with Crippen LogP contribution in [0.5, 0.6) is 0 Å². The summed E-state index contributed by atoms with van der Waals surface area (Å²) in [5.74, 6) is -12.6. The zero-order chi connectivity index (χ0) is 72.4. The van der Waals surface area contributed by atoms with Gasteiger partial charge in [0.2, 0.25) is 52.7 Å². The number of carbonyl (C=O) groups excluding carboxylic acids is 12. The molecule has 10 atom stereocenters. The minimum Gasteiger partial charge on any atom is -0.458 e. The van der Waals surface area contributed by atoms with E-state index in [0.29, 0.717) is 18.4 Å². The van der Waals surface area contributed by atoms with Gasteiger partial charge in [0.25, 0.3) is 11.8 Å². The molecular weight excluding hydrogens is 1270 g/mol. The molecule has 8 rings (SSSR count). The molecule has 0 bridgehead atoms. The molecule has 5 heterocycles. The van der Waals surface area contributed by atoms with Gasteiger partial charge in [0.15, 0.2) is 11.3 Å². The minimum atomic E-state index is -1.91. The second-order valence-electron chi connectivity index (χ2n) is 27.5. The molecule has 0 aromatic heterocycles. The van der Waals surface area contributed by atoms with Crippen molar-refractivity contribution in [2.24, 2.45) is 23.7 Å². The van der Waals surface area contributed by atoms with Crippen LogP contribution in [0.2, 0.25) is 0 Å². The Morgan fingerprint density at radius 2 is 1.07 bits per heavy atom. The fourth-order valence-corrected chi connectivity index (χ4v) is 13.3. The van der Waals surface area contributed by atoms with Crippen molar-refractivity contribution in [3.63, 3.8) is 0 Å². The van der Waals surface area contributed by atoms with Crippen molar-refractivity contribution in [2.45, 2.75) is 176 Å². The maximum absolute atomic E-state index is 15.7. The summed E-state index contributed by atoms with van der Waals surface area (Å²) in [6, 6.07) is -0.303. The number of hydrogen-bond acceptors (Lipinski definition) is 19. The zero-order valence-corrected chi connectivity index (χ0v) is 58.7. The van der Waals surface area contributed by atoms with Crippen molar-refractivity contribution in [1.29, 1.82) is 0 Å². The number of ether oxygens (including phenoxy) is 2. The summed E-state index contributed by atoms with van der Waals surface area (Å²) in [5, 5.41) is 14.2. The van der Waals surface area contributed by atoms with Crippen molar-refractivity contribution >= 4 is 93.5 Å². The molecule has 4 saturated heterocycles. The van der Waals surface area contributed by atoms with E-state index in [4.69, 9.17) is 24.6 Å². The first kappa shape index (κ1) is 74.1. The number of nitrogen functional groups attached to an aromatic ring is 1. The molecule has 0 radical (unpaired) electrons. The molecule has 7 N–H and O–H groups in total. The van der Waals surface area contributed by atoms with E-state index < -0.39 is 191 Å². The molecule has 4 fully saturated rings. The van der Waals surface area contributed by atoms with Gasteiger partial charge in [-0.05, 0) is 88.7 Å². The Morgan fingerprint density at radius 1 is 0.622 bits per heavy atom. The van der Waals surface area contributed by atoms with E-state index in [-0.39, 0.29) is 66.2 Å². The van der Waals surface area contributed by atoms with Gasteiger partial charge in [0, 0.05) is 64.6 Å². The molecule has 98 heavy (non-hydrogen) atoms. The van der Waals surface area contributed by atoms with E-state index in [1.165, 1.54) is 74.6 Å². The Labute approximate surface area is 569 Å². The molecule has 10 amide bonds. The maximum Gasteiger partial charge on any atom is 0.329 e. The summed E-state index contributed by atoms with van der Waals surface area (Å²) in [7, 11) is 5.59. The Bertz CT molecular complexity index is 3830. The number of likely N-dealkylation sites (N-methyl/N-ethyl adjacent to an activating group) is 4. The van der Waals surface area contributed by atoms with E-state index in [0.717, 1.165) is 15.4 Å². The Balaban J connectivity index is 1.27. The van der Waals surface area contributed by atoms with Crippen LogP contribution in [0, 0.1) is 37.5 Å². The third-order valence-electron chi connectivity index (χ3n) is 19.0. The predicted molar refractivity (Wildman–Crippen MR) is 359 cm³/mol. The molecule has 2 aromatic rings. The highest BCUT2D eigenvalue weighted by atomic mass is 16.6. The average molecular weight is 1360 g/mol. The van der Waals surface area contributed by atoms with Gasteiger partial charge >= 0.3 is 11.9 Å². The lowest BCUT2D eigenvalue weighted by Crippen LogP contribution is -2.61. The summed E-state index contributed by atoms with van der Waals surface area (Å²) >= 11 is 0. The minimum absolute atomic E-state index is 0.113.